The van der Waals surface area contributed by atoms with E-state index in [2.05, 4.69) is 21.8 Å². The van der Waals surface area contributed by atoms with Gasteiger partial charge in [-0.25, -0.2) is 4.98 Å². The molecule has 0 spiro atoms. The zero-order valence-electron chi connectivity index (χ0n) is 17.4. The number of nitrogens with zero attached hydrogens (tertiary/aromatic N) is 4. The predicted molar refractivity (Wildman–Crippen MR) is 112 cm³/mol. The van der Waals surface area contributed by atoms with Crippen LogP contribution < -0.4 is 14.4 Å². The molecule has 1 amide bonds. The Bertz CT molecular complexity index is 876. The second kappa shape index (κ2) is 8.29. The summed E-state index contributed by atoms with van der Waals surface area (Å²) in [7, 11) is 5.40. The van der Waals surface area contributed by atoms with E-state index in [-0.39, 0.29) is 5.91 Å². The number of aromatic nitrogens is 1. The number of amides is 1. The minimum absolute atomic E-state index is 0.0165. The Labute approximate surface area is 171 Å². The number of carbonyl (C=O) groups is 1. The Morgan fingerprint density at radius 1 is 0.966 bits per heavy atom. The molecule has 1 aromatic heterocycles. The Balaban J connectivity index is 1.46. The number of likely N-dealkylation sites (N-methyl/N-ethyl adjacent to an activating group) is 1. The van der Waals surface area contributed by atoms with Crippen LogP contribution in [0, 0.1) is 0 Å². The van der Waals surface area contributed by atoms with Crippen LogP contribution in [0.25, 0.3) is 0 Å². The molecule has 2 aromatic rings. The van der Waals surface area contributed by atoms with E-state index in [1.807, 2.05) is 29.2 Å². The maximum absolute atomic E-state index is 13.0. The van der Waals surface area contributed by atoms with Crippen molar-refractivity contribution in [3.05, 3.63) is 47.2 Å². The van der Waals surface area contributed by atoms with E-state index in [0.29, 0.717) is 24.4 Å². The molecule has 2 aliphatic rings. The molecule has 1 saturated heterocycles. The van der Waals surface area contributed by atoms with Crippen molar-refractivity contribution < 1.29 is 14.3 Å². The molecule has 1 aromatic carbocycles. The Morgan fingerprint density at radius 2 is 1.66 bits per heavy atom. The molecular formula is C22H28N4O3. The average Bonchev–Trinajstić information content (AvgIpc) is 2.78. The van der Waals surface area contributed by atoms with Gasteiger partial charge in [-0.2, -0.15) is 0 Å². The van der Waals surface area contributed by atoms with Crippen LogP contribution in [-0.2, 0) is 13.0 Å². The molecule has 0 atom stereocenters. The molecule has 154 valence electrons. The summed E-state index contributed by atoms with van der Waals surface area (Å²) in [6, 6.07) is 7.85. The third kappa shape index (κ3) is 4.00. The number of pyridine rings is 1. The van der Waals surface area contributed by atoms with Crippen molar-refractivity contribution in [2.75, 3.05) is 58.9 Å². The minimum atomic E-state index is 0.0165. The second-order valence-electron chi connectivity index (χ2n) is 7.65. The molecule has 1 fully saturated rings. The molecule has 4 rings (SSSR count). The Hall–Kier alpha value is -2.80. The van der Waals surface area contributed by atoms with Crippen LogP contribution in [0.3, 0.4) is 0 Å². The smallest absolute Gasteiger partial charge is 0.255 e. The minimum Gasteiger partial charge on any atom is -0.493 e. The van der Waals surface area contributed by atoms with Gasteiger partial charge in [0.1, 0.15) is 5.82 Å². The molecule has 3 heterocycles. The van der Waals surface area contributed by atoms with Crippen LogP contribution in [0.1, 0.15) is 21.5 Å². The summed E-state index contributed by atoms with van der Waals surface area (Å²) in [6.45, 7) is 5.24. The van der Waals surface area contributed by atoms with E-state index >= 15 is 0 Å². The second-order valence-corrected chi connectivity index (χ2v) is 7.65. The fraction of sp³-hybridized carbons (Fsp3) is 0.455. The predicted octanol–water partition coefficient (Wildman–Crippen LogP) is 2.05. The van der Waals surface area contributed by atoms with E-state index < -0.39 is 0 Å². The molecule has 0 N–H and O–H groups in total. The Kier molecular flexibility index (Phi) is 5.58. The van der Waals surface area contributed by atoms with Gasteiger partial charge in [0.2, 0.25) is 0 Å². The van der Waals surface area contributed by atoms with Crippen molar-refractivity contribution in [1.29, 1.82) is 0 Å². The van der Waals surface area contributed by atoms with Gasteiger partial charge in [0.05, 0.1) is 19.8 Å². The lowest BCUT2D eigenvalue weighted by atomic mass is 9.98. The van der Waals surface area contributed by atoms with Crippen molar-refractivity contribution in [2.24, 2.45) is 0 Å². The molecule has 0 aliphatic carbocycles. The molecule has 0 unspecified atom stereocenters. The molecule has 0 saturated carbocycles. The van der Waals surface area contributed by atoms with Crippen LogP contribution in [0.2, 0.25) is 0 Å². The topological polar surface area (TPSA) is 58.1 Å². The molecule has 29 heavy (non-hydrogen) atoms. The first-order valence-corrected chi connectivity index (χ1v) is 10.0. The number of rotatable bonds is 4. The quantitative estimate of drug-likeness (QED) is 0.789. The maximum Gasteiger partial charge on any atom is 0.255 e. The first-order valence-electron chi connectivity index (χ1n) is 10.0. The van der Waals surface area contributed by atoms with E-state index in [0.717, 1.165) is 49.7 Å². The van der Waals surface area contributed by atoms with E-state index in [1.54, 1.807) is 20.4 Å². The lowest BCUT2D eigenvalue weighted by Crippen LogP contribution is -2.44. The number of benzene rings is 1. The van der Waals surface area contributed by atoms with E-state index in [4.69, 9.17) is 9.47 Å². The number of carbonyl (C=O) groups excluding carboxylic acids is 1. The standard InChI is InChI=1S/C22H28N4O3/c1-24-8-10-25(11-9-24)21-5-4-17(14-23-21)22(27)26-7-6-16-12-19(28-2)20(29-3)13-18(16)15-26/h4-5,12-14H,6-11,15H2,1-3H3. The fourth-order valence-corrected chi connectivity index (χ4v) is 3.97. The van der Waals surface area contributed by atoms with E-state index in [1.165, 1.54) is 5.56 Å². The molecule has 2 aliphatic heterocycles. The van der Waals surface area contributed by atoms with Gasteiger partial charge in [-0.05, 0) is 48.9 Å². The molecule has 7 heteroatoms. The highest BCUT2D eigenvalue weighted by molar-refractivity contribution is 5.94. The molecule has 0 bridgehead atoms. The van der Waals surface area contributed by atoms with Crippen LogP contribution in [0.5, 0.6) is 11.5 Å². The van der Waals surface area contributed by atoms with Gasteiger partial charge in [-0.15, -0.1) is 0 Å². The third-order valence-corrected chi connectivity index (χ3v) is 5.83. The van der Waals surface area contributed by atoms with Crippen molar-refractivity contribution >= 4 is 11.7 Å². The number of hydrogen-bond donors (Lipinski definition) is 0. The van der Waals surface area contributed by atoms with Gasteiger partial charge in [0.15, 0.2) is 11.5 Å². The van der Waals surface area contributed by atoms with E-state index in [9.17, 15) is 4.79 Å². The molecule has 7 nitrogen and oxygen atoms in total. The monoisotopic (exact) mass is 396 g/mol. The highest BCUT2D eigenvalue weighted by atomic mass is 16.5. The van der Waals surface area contributed by atoms with Crippen LogP contribution in [0.15, 0.2) is 30.5 Å². The maximum atomic E-state index is 13.0. The first-order chi connectivity index (χ1) is 14.1. The van der Waals surface area contributed by atoms with Gasteiger partial charge in [-0.1, -0.05) is 0 Å². The number of fused-ring (bicyclic) bond motifs is 1. The SMILES string of the molecule is COc1cc2c(cc1OC)CN(C(=O)c1ccc(N3CCN(C)CC3)nc1)CC2. The lowest BCUT2D eigenvalue weighted by molar-refractivity contribution is 0.0734. The van der Waals surface area contributed by atoms with Gasteiger partial charge >= 0.3 is 0 Å². The summed E-state index contributed by atoms with van der Waals surface area (Å²) in [5.41, 5.74) is 2.94. The highest BCUT2D eigenvalue weighted by Gasteiger charge is 2.24. The Morgan fingerprint density at radius 3 is 2.28 bits per heavy atom. The summed E-state index contributed by atoms with van der Waals surface area (Å²) in [5.74, 6) is 2.38. The largest absolute Gasteiger partial charge is 0.493 e. The van der Waals surface area contributed by atoms with Gasteiger partial charge in [0, 0.05) is 45.5 Å². The summed E-state index contributed by atoms with van der Waals surface area (Å²) in [5, 5.41) is 0. The zero-order chi connectivity index (χ0) is 20.4. The third-order valence-electron chi connectivity index (χ3n) is 5.83. The highest BCUT2D eigenvalue weighted by Crippen LogP contribution is 2.33. The zero-order valence-corrected chi connectivity index (χ0v) is 17.4. The van der Waals surface area contributed by atoms with Crippen LogP contribution in [0.4, 0.5) is 5.82 Å². The number of hydrogen-bond acceptors (Lipinski definition) is 6. The summed E-state index contributed by atoms with van der Waals surface area (Å²) >= 11 is 0. The van der Waals surface area contributed by atoms with Crippen molar-refractivity contribution in [3.63, 3.8) is 0 Å². The first kappa shape index (κ1) is 19.5. The summed E-state index contributed by atoms with van der Waals surface area (Å²) < 4.78 is 10.8. The van der Waals surface area contributed by atoms with Gasteiger partial charge < -0.3 is 24.2 Å². The molecular weight excluding hydrogens is 368 g/mol. The summed E-state index contributed by atoms with van der Waals surface area (Å²) in [6.07, 6.45) is 2.51. The fourth-order valence-electron chi connectivity index (χ4n) is 3.97. The average molecular weight is 396 g/mol. The number of piperazine rings is 1. The summed E-state index contributed by atoms with van der Waals surface area (Å²) in [4.78, 5) is 24.0. The normalized spacial score (nSPS) is 17.1. The van der Waals surface area contributed by atoms with Crippen molar-refractivity contribution in [3.8, 4) is 11.5 Å². The molecule has 0 radical (unpaired) electrons. The lowest BCUT2D eigenvalue weighted by Gasteiger charge is -2.33. The van der Waals surface area contributed by atoms with Gasteiger partial charge in [-0.3, -0.25) is 4.79 Å². The van der Waals surface area contributed by atoms with Crippen molar-refractivity contribution in [1.82, 2.24) is 14.8 Å². The van der Waals surface area contributed by atoms with Crippen molar-refractivity contribution in [2.45, 2.75) is 13.0 Å². The van der Waals surface area contributed by atoms with Crippen LogP contribution in [-0.4, -0.2) is 74.7 Å². The van der Waals surface area contributed by atoms with Crippen LogP contribution >= 0.6 is 0 Å². The van der Waals surface area contributed by atoms with Gasteiger partial charge in [0.25, 0.3) is 5.91 Å². The number of anilines is 1. The number of methoxy groups -OCH3 is 2. The number of ether oxygens (including phenoxy) is 2.